The second-order valence-corrected chi connectivity index (χ2v) is 6.45. The molecule has 0 bridgehead atoms. The van der Waals surface area contributed by atoms with Crippen molar-refractivity contribution >= 4 is 15.7 Å². The van der Waals surface area contributed by atoms with Crippen LogP contribution in [0, 0.1) is 5.92 Å². The van der Waals surface area contributed by atoms with E-state index in [-0.39, 0.29) is 17.6 Å². The Balaban J connectivity index is 3.82. The summed E-state index contributed by atoms with van der Waals surface area (Å²) >= 11 is 0. The van der Waals surface area contributed by atoms with Crippen LogP contribution in [-0.4, -0.2) is 38.9 Å². The maximum absolute atomic E-state index is 11.5. The summed E-state index contributed by atoms with van der Waals surface area (Å²) in [7, 11) is -2.95. The molecule has 2 unspecified atom stereocenters. The van der Waals surface area contributed by atoms with Gasteiger partial charge in [0.15, 0.2) is 0 Å². The number of carbonyl (C=O) groups is 1. The Hall–Kier alpha value is -0.620. The molecule has 0 aliphatic carbocycles. The molecule has 3 N–H and O–H groups in total. The molecule has 96 valence electrons. The van der Waals surface area contributed by atoms with Crippen molar-refractivity contribution in [3.8, 4) is 0 Å². The Kier molecular flexibility index (Phi) is 6.59. The molecule has 0 spiro atoms. The van der Waals surface area contributed by atoms with Gasteiger partial charge in [-0.15, -0.1) is 0 Å². The van der Waals surface area contributed by atoms with Crippen LogP contribution < -0.4 is 11.1 Å². The topological polar surface area (TPSA) is 89.3 Å². The van der Waals surface area contributed by atoms with E-state index in [0.29, 0.717) is 13.0 Å². The number of sulfone groups is 1. The predicted octanol–water partition coefficient (Wildman–Crippen LogP) is -0.0893. The fourth-order valence-electron chi connectivity index (χ4n) is 1.18. The van der Waals surface area contributed by atoms with Crippen LogP contribution in [0.5, 0.6) is 0 Å². The van der Waals surface area contributed by atoms with E-state index in [1.165, 1.54) is 6.26 Å². The average Bonchev–Trinajstić information content (AvgIpc) is 2.20. The SMILES string of the molecule is CCC(C)C(N)C(=O)NCCCS(C)(=O)=O. The number of nitrogens with two attached hydrogens (primary N) is 1. The van der Waals surface area contributed by atoms with Crippen LogP contribution in [-0.2, 0) is 14.6 Å². The van der Waals surface area contributed by atoms with Crippen molar-refractivity contribution in [2.24, 2.45) is 11.7 Å². The molecule has 0 heterocycles. The van der Waals surface area contributed by atoms with E-state index in [9.17, 15) is 13.2 Å². The van der Waals surface area contributed by atoms with Crippen molar-refractivity contribution in [1.29, 1.82) is 0 Å². The highest BCUT2D eigenvalue weighted by molar-refractivity contribution is 7.90. The van der Waals surface area contributed by atoms with E-state index in [1.807, 2.05) is 13.8 Å². The molecular formula is C10H22N2O3S. The Bertz CT molecular complexity index is 314. The molecule has 0 saturated carbocycles. The lowest BCUT2D eigenvalue weighted by Crippen LogP contribution is -2.45. The molecule has 0 aromatic rings. The minimum absolute atomic E-state index is 0.0891. The maximum atomic E-state index is 11.5. The quantitative estimate of drug-likeness (QED) is 0.618. The van der Waals surface area contributed by atoms with Gasteiger partial charge in [0.2, 0.25) is 5.91 Å². The number of rotatable bonds is 7. The van der Waals surface area contributed by atoms with E-state index in [0.717, 1.165) is 6.42 Å². The second kappa shape index (κ2) is 6.85. The lowest BCUT2D eigenvalue weighted by molar-refractivity contribution is -0.123. The van der Waals surface area contributed by atoms with Crippen molar-refractivity contribution in [1.82, 2.24) is 5.32 Å². The van der Waals surface area contributed by atoms with Gasteiger partial charge in [-0.3, -0.25) is 4.79 Å². The lowest BCUT2D eigenvalue weighted by atomic mass is 9.99. The Labute approximate surface area is 97.7 Å². The molecule has 0 saturated heterocycles. The first-order valence-electron chi connectivity index (χ1n) is 5.49. The zero-order chi connectivity index (χ0) is 12.8. The van der Waals surface area contributed by atoms with Gasteiger partial charge in [-0.25, -0.2) is 8.42 Å². The lowest BCUT2D eigenvalue weighted by Gasteiger charge is -2.17. The smallest absolute Gasteiger partial charge is 0.237 e. The number of carbonyl (C=O) groups excluding carboxylic acids is 1. The van der Waals surface area contributed by atoms with Crippen molar-refractivity contribution in [2.75, 3.05) is 18.6 Å². The second-order valence-electron chi connectivity index (χ2n) is 4.19. The van der Waals surface area contributed by atoms with Crippen LogP contribution in [0.4, 0.5) is 0 Å². The third-order valence-electron chi connectivity index (χ3n) is 2.55. The van der Waals surface area contributed by atoms with Crippen LogP contribution in [0.1, 0.15) is 26.7 Å². The van der Waals surface area contributed by atoms with E-state index >= 15 is 0 Å². The van der Waals surface area contributed by atoms with Crippen LogP contribution in [0.25, 0.3) is 0 Å². The monoisotopic (exact) mass is 250 g/mol. The van der Waals surface area contributed by atoms with E-state index in [4.69, 9.17) is 5.73 Å². The molecule has 0 aliphatic rings. The largest absolute Gasteiger partial charge is 0.355 e. The summed E-state index contributed by atoms with van der Waals surface area (Å²) < 4.78 is 21.7. The van der Waals surface area contributed by atoms with Crippen molar-refractivity contribution in [3.63, 3.8) is 0 Å². The number of amides is 1. The third kappa shape index (κ3) is 6.79. The van der Waals surface area contributed by atoms with Gasteiger partial charge in [0.05, 0.1) is 11.8 Å². The summed E-state index contributed by atoms with van der Waals surface area (Å²) in [4.78, 5) is 11.5. The molecule has 0 fully saturated rings. The minimum atomic E-state index is -2.95. The van der Waals surface area contributed by atoms with E-state index in [2.05, 4.69) is 5.32 Å². The Morgan fingerprint density at radius 2 is 2.00 bits per heavy atom. The van der Waals surface area contributed by atoms with Crippen molar-refractivity contribution < 1.29 is 13.2 Å². The van der Waals surface area contributed by atoms with E-state index in [1.54, 1.807) is 0 Å². The first-order valence-corrected chi connectivity index (χ1v) is 7.55. The molecular weight excluding hydrogens is 228 g/mol. The summed E-state index contributed by atoms with van der Waals surface area (Å²) in [5.74, 6) is 0.0176. The zero-order valence-electron chi connectivity index (χ0n) is 10.2. The molecule has 0 rings (SSSR count). The standard InChI is InChI=1S/C10H22N2O3S/c1-4-8(2)9(11)10(13)12-6-5-7-16(3,14)15/h8-9H,4-7,11H2,1-3H3,(H,12,13). The summed E-state index contributed by atoms with van der Waals surface area (Å²) in [5, 5.41) is 2.64. The molecule has 1 amide bonds. The minimum Gasteiger partial charge on any atom is -0.355 e. The van der Waals surface area contributed by atoms with Crippen LogP contribution in [0.2, 0.25) is 0 Å². The summed E-state index contributed by atoms with van der Waals surface area (Å²) in [6, 6.07) is -0.511. The first-order chi connectivity index (χ1) is 7.28. The predicted molar refractivity (Wildman–Crippen MR) is 64.8 cm³/mol. The molecule has 0 aromatic carbocycles. The van der Waals surface area contributed by atoms with Crippen molar-refractivity contribution in [3.05, 3.63) is 0 Å². The molecule has 2 atom stereocenters. The number of hydrogen-bond acceptors (Lipinski definition) is 4. The van der Waals surface area contributed by atoms with Gasteiger partial charge in [0.25, 0.3) is 0 Å². The van der Waals surface area contributed by atoms with Gasteiger partial charge in [-0.1, -0.05) is 20.3 Å². The van der Waals surface area contributed by atoms with Crippen molar-refractivity contribution in [2.45, 2.75) is 32.7 Å². The molecule has 0 aromatic heterocycles. The summed E-state index contributed by atoms with van der Waals surface area (Å²) in [6.07, 6.45) is 2.45. The number of hydrogen-bond donors (Lipinski definition) is 2. The van der Waals surface area contributed by atoms with Gasteiger partial charge in [-0.2, -0.15) is 0 Å². The third-order valence-corrected chi connectivity index (χ3v) is 3.58. The Morgan fingerprint density at radius 3 is 2.44 bits per heavy atom. The van der Waals surface area contributed by atoms with Gasteiger partial charge < -0.3 is 11.1 Å². The normalized spacial score (nSPS) is 15.5. The van der Waals surface area contributed by atoms with Gasteiger partial charge in [0.1, 0.15) is 9.84 Å². The highest BCUT2D eigenvalue weighted by Crippen LogP contribution is 2.04. The fraction of sp³-hybridized carbons (Fsp3) is 0.900. The van der Waals surface area contributed by atoms with Crippen LogP contribution >= 0.6 is 0 Å². The molecule has 16 heavy (non-hydrogen) atoms. The Morgan fingerprint density at radius 1 is 1.44 bits per heavy atom. The average molecular weight is 250 g/mol. The maximum Gasteiger partial charge on any atom is 0.237 e. The van der Waals surface area contributed by atoms with Gasteiger partial charge in [-0.05, 0) is 12.3 Å². The summed E-state index contributed by atoms with van der Waals surface area (Å²) in [5.41, 5.74) is 5.71. The fourth-order valence-corrected chi connectivity index (χ4v) is 1.84. The van der Waals surface area contributed by atoms with Gasteiger partial charge >= 0.3 is 0 Å². The van der Waals surface area contributed by atoms with Crippen LogP contribution in [0.15, 0.2) is 0 Å². The number of nitrogens with one attached hydrogen (secondary N) is 1. The summed E-state index contributed by atoms with van der Waals surface area (Å²) in [6.45, 7) is 4.25. The van der Waals surface area contributed by atoms with Crippen LogP contribution in [0.3, 0.4) is 0 Å². The highest BCUT2D eigenvalue weighted by atomic mass is 32.2. The molecule has 0 radical (unpaired) electrons. The molecule has 6 heteroatoms. The first kappa shape index (κ1) is 15.4. The molecule has 5 nitrogen and oxygen atoms in total. The van der Waals surface area contributed by atoms with Gasteiger partial charge in [0, 0.05) is 12.8 Å². The highest BCUT2D eigenvalue weighted by Gasteiger charge is 2.18. The van der Waals surface area contributed by atoms with E-state index < -0.39 is 15.9 Å². The molecule has 0 aliphatic heterocycles. The zero-order valence-corrected chi connectivity index (χ0v) is 11.0.